The molecule has 28 heavy (non-hydrogen) atoms. The molecule has 5 rings (SSSR count). The number of rotatable bonds is 4. The van der Waals surface area contributed by atoms with E-state index in [2.05, 4.69) is 25.3 Å². The molecule has 0 spiro atoms. The van der Waals surface area contributed by atoms with Crippen molar-refractivity contribution in [2.24, 2.45) is 5.92 Å². The van der Waals surface area contributed by atoms with E-state index in [9.17, 15) is 4.79 Å². The van der Waals surface area contributed by atoms with E-state index >= 15 is 0 Å². The van der Waals surface area contributed by atoms with Crippen LogP contribution in [0.25, 0.3) is 22.4 Å². The van der Waals surface area contributed by atoms with E-state index in [-0.39, 0.29) is 12.5 Å². The van der Waals surface area contributed by atoms with E-state index in [1.54, 1.807) is 23.6 Å². The standard InChI is InChI=1S/C19H21N7O2/c27-16-10-22-18-19(26(16)4-1-12-2-5-28-6-3-12)25-15(9-21-18)13-7-14-17(20-8-13)24-11-23-14/h7-9,11-12H,1-6,10H2,(H,21,22)(H,20,23,24). The number of hydrogen-bond acceptors (Lipinski definition) is 7. The quantitative estimate of drug-likeness (QED) is 0.713. The molecule has 1 amide bonds. The highest BCUT2D eigenvalue weighted by molar-refractivity contribution is 6.00. The highest BCUT2D eigenvalue weighted by Crippen LogP contribution is 2.30. The number of carbonyl (C=O) groups is 1. The number of fused-ring (bicyclic) bond motifs is 2. The summed E-state index contributed by atoms with van der Waals surface area (Å²) in [4.78, 5) is 35.1. The topological polar surface area (TPSA) is 109 Å². The third-order valence-electron chi connectivity index (χ3n) is 5.39. The number of nitrogens with one attached hydrogen (secondary N) is 2. The Bertz CT molecular complexity index is 1010. The van der Waals surface area contributed by atoms with Gasteiger partial charge in [-0.05, 0) is 31.2 Å². The number of H-pyrrole nitrogens is 1. The molecule has 3 aromatic rings. The Labute approximate surface area is 161 Å². The first-order valence-electron chi connectivity index (χ1n) is 9.56. The molecule has 0 bridgehead atoms. The average Bonchev–Trinajstić information content (AvgIpc) is 3.21. The molecule has 0 unspecified atom stereocenters. The minimum Gasteiger partial charge on any atom is -0.381 e. The number of ether oxygens (including phenoxy) is 1. The lowest BCUT2D eigenvalue weighted by molar-refractivity contribution is -0.117. The van der Waals surface area contributed by atoms with Gasteiger partial charge in [-0.1, -0.05) is 0 Å². The molecular weight excluding hydrogens is 358 g/mol. The molecule has 0 aliphatic carbocycles. The second kappa shape index (κ2) is 7.16. The average molecular weight is 379 g/mol. The van der Waals surface area contributed by atoms with Crippen molar-refractivity contribution in [2.75, 3.05) is 36.5 Å². The van der Waals surface area contributed by atoms with Crippen LogP contribution >= 0.6 is 0 Å². The van der Waals surface area contributed by atoms with Crippen molar-refractivity contribution in [2.45, 2.75) is 19.3 Å². The minimum absolute atomic E-state index is 0.0214. The first-order chi connectivity index (χ1) is 13.8. The molecule has 0 saturated carbocycles. The van der Waals surface area contributed by atoms with Gasteiger partial charge in [0.2, 0.25) is 5.91 Å². The van der Waals surface area contributed by atoms with Crippen molar-refractivity contribution in [3.05, 3.63) is 24.8 Å². The largest absolute Gasteiger partial charge is 0.381 e. The third-order valence-corrected chi connectivity index (χ3v) is 5.39. The number of carbonyl (C=O) groups excluding carboxylic acids is 1. The summed E-state index contributed by atoms with van der Waals surface area (Å²) in [6.07, 6.45) is 8.09. The Morgan fingerprint density at radius 3 is 2.96 bits per heavy atom. The second-order valence-corrected chi connectivity index (χ2v) is 7.17. The van der Waals surface area contributed by atoms with Gasteiger partial charge in [-0.25, -0.2) is 19.9 Å². The molecule has 0 aromatic carbocycles. The highest BCUT2D eigenvalue weighted by atomic mass is 16.5. The Morgan fingerprint density at radius 1 is 1.18 bits per heavy atom. The molecule has 9 heteroatoms. The molecule has 2 aliphatic heterocycles. The summed E-state index contributed by atoms with van der Waals surface area (Å²) in [6, 6.07) is 1.94. The van der Waals surface area contributed by atoms with Gasteiger partial charge in [0.25, 0.3) is 0 Å². The fourth-order valence-corrected chi connectivity index (χ4v) is 3.75. The van der Waals surface area contributed by atoms with Crippen LogP contribution in [-0.2, 0) is 9.53 Å². The van der Waals surface area contributed by atoms with Gasteiger partial charge in [-0.2, -0.15) is 0 Å². The summed E-state index contributed by atoms with van der Waals surface area (Å²) in [5.74, 6) is 1.84. The smallest absolute Gasteiger partial charge is 0.247 e. The van der Waals surface area contributed by atoms with Gasteiger partial charge in [0.05, 0.1) is 30.3 Å². The summed E-state index contributed by atoms with van der Waals surface area (Å²) in [5.41, 5.74) is 3.00. The van der Waals surface area contributed by atoms with Crippen LogP contribution in [0.2, 0.25) is 0 Å². The van der Waals surface area contributed by atoms with Gasteiger partial charge in [0.1, 0.15) is 0 Å². The predicted molar refractivity (Wildman–Crippen MR) is 104 cm³/mol. The SMILES string of the molecule is O=C1CNc2ncc(-c3cnc4nc[nH]c4c3)nc2N1CCC1CCOCC1. The first-order valence-corrected chi connectivity index (χ1v) is 9.56. The van der Waals surface area contributed by atoms with Gasteiger partial charge in [0.15, 0.2) is 17.3 Å². The summed E-state index contributed by atoms with van der Waals surface area (Å²) in [7, 11) is 0. The van der Waals surface area contributed by atoms with Crippen molar-refractivity contribution < 1.29 is 9.53 Å². The van der Waals surface area contributed by atoms with Gasteiger partial charge >= 0.3 is 0 Å². The van der Waals surface area contributed by atoms with Crippen LogP contribution in [0.5, 0.6) is 0 Å². The van der Waals surface area contributed by atoms with E-state index in [4.69, 9.17) is 9.72 Å². The van der Waals surface area contributed by atoms with E-state index in [1.807, 2.05) is 6.07 Å². The Balaban J connectivity index is 1.43. The lowest BCUT2D eigenvalue weighted by Crippen LogP contribution is -2.42. The summed E-state index contributed by atoms with van der Waals surface area (Å²) in [5, 5.41) is 3.07. The molecule has 9 nitrogen and oxygen atoms in total. The van der Waals surface area contributed by atoms with Crippen molar-refractivity contribution in [3.8, 4) is 11.3 Å². The molecule has 5 heterocycles. The summed E-state index contributed by atoms with van der Waals surface area (Å²) in [6.45, 7) is 2.51. The fraction of sp³-hybridized carbons (Fsp3) is 0.421. The van der Waals surface area contributed by atoms with Crippen molar-refractivity contribution >= 4 is 28.7 Å². The van der Waals surface area contributed by atoms with E-state index < -0.39 is 0 Å². The summed E-state index contributed by atoms with van der Waals surface area (Å²) >= 11 is 0. The van der Waals surface area contributed by atoms with Crippen LogP contribution in [0.4, 0.5) is 11.6 Å². The Kier molecular flexibility index (Phi) is 4.36. The number of anilines is 2. The number of nitrogens with zero attached hydrogens (tertiary/aromatic N) is 5. The Hall–Kier alpha value is -3.07. The lowest BCUT2D eigenvalue weighted by atomic mass is 9.96. The van der Waals surface area contributed by atoms with E-state index in [0.29, 0.717) is 35.4 Å². The monoisotopic (exact) mass is 379 g/mol. The molecular formula is C19H21N7O2. The molecule has 0 atom stereocenters. The van der Waals surface area contributed by atoms with Crippen LogP contribution in [-0.4, -0.2) is 57.1 Å². The van der Waals surface area contributed by atoms with Crippen LogP contribution in [0.1, 0.15) is 19.3 Å². The maximum atomic E-state index is 12.6. The number of imidazole rings is 1. The molecule has 1 saturated heterocycles. The molecule has 2 N–H and O–H groups in total. The Morgan fingerprint density at radius 2 is 2.07 bits per heavy atom. The number of hydrogen-bond donors (Lipinski definition) is 2. The highest BCUT2D eigenvalue weighted by Gasteiger charge is 2.28. The number of aromatic amines is 1. The van der Waals surface area contributed by atoms with E-state index in [0.717, 1.165) is 43.6 Å². The zero-order valence-corrected chi connectivity index (χ0v) is 15.4. The van der Waals surface area contributed by atoms with Crippen molar-refractivity contribution in [1.82, 2.24) is 24.9 Å². The zero-order valence-electron chi connectivity index (χ0n) is 15.4. The predicted octanol–water partition coefficient (Wildman–Crippen LogP) is 1.99. The molecule has 2 aliphatic rings. The lowest BCUT2D eigenvalue weighted by Gasteiger charge is -2.30. The normalized spacial score (nSPS) is 17.6. The fourth-order valence-electron chi connectivity index (χ4n) is 3.75. The second-order valence-electron chi connectivity index (χ2n) is 7.17. The third kappa shape index (κ3) is 3.18. The number of pyridine rings is 1. The first kappa shape index (κ1) is 17.1. The summed E-state index contributed by atoms with van der Waals surface area (Å²) < 4.78 is 5.43. The molecule has 1 fully saturated rings. The van der Waals surface area contributed by atoms with Crippen LogP contribution in [0.3, 0.4) is 0 Å². The van der Waals surface area contributed by atoms with Gasteiger partial charge < -0.3 is 15.0 Å². The van der Waals surface area contributed by atoms with Gasteiger partial charge in [-0.3, -0.25) is 9.69 Å². The maximum absolute atomic E-state index is 12.6. The van der Waals surface area contributed by atoms with Crippen molar-refractivity contribution in [3.63, 3.8) is 0 Å². The van der Waals surface area contributed by atoms with Crippen LogP contribution in [0, 0.1) is 5.92 Å². The minimum atomic E-state index is 0.0214. The van der Waals surface area contributed by atoms with Gasteiger partial charge in [0, 0.05) is 31.5 Å². The van der Waals surface area contributed by atoms with Crippen LogP contribution < -0.4 is 10.2 Å². The molecule has 0 radical (unpaired) electrons. The van der Waals surface area contributed by atoms with Crippen LogP contribution in [0.15, 0.2) is 24.8 Å². The number of aromatic nitrogens is 5. The molecule has 144 valence electrons. The van der Waals surface area contributed by atoms with Gasteiger partial charge in [-0.15, -0.1) is 0 Å². The maximum Gasteiger partial charge on any atom is 0.247 e. The van der Waals surface area contributed by atoms with E-state index in [1.165, 1.54) is 0 Å². The number of amides is 1. The zero-order chi connectivity index (χ0) is 18.9. The molecule has 3 aromatic heterocycles. The van der Waals surface area contributed by atoms with Crippen molar-refractivity contribution in [1.29, 1.82) is 0 Å².